The summed E-state index contributed by atoms with van der Waals surface area (Å²) in [4.78, 5) is 13.2. The van der Waals surface area contributed by atoms with Gasteiger partial charge in [0, 0.05) is 11.0 Å². The molecule has 0 amide bonds. The highest BCUT2D eigenvalue weighted by Crippen LogP contribution is 2.78. The molecule has 3 heteroatoms. The van der Waals surface area contributed by atoms with Gasteiger partial charge in [-0.15, -0.1) is 0 Å². The molecular formula is C31H47FO2. The van der Waals surface area contributed by atoms with Crippen LogP contribution in [0, 0.1) is 56.2 Å². The van der Waals surface area contributed by atoms with Crippen molar-refractivity contribution in [3.05, 3.63) is 11.9 Å². The van der Waals surface area contributed by atoms with Crippen molar-refractivity contribution in [2.45, 2.75) is 112 Å². The first-order valence-electron chi connectivity index (χ1n) is 14.2. The Morgan fingerprint density at radius 1 is 0.853 bits per heavy atom. The normalized spacial score (nSPS) is 56.3. The van der Waals surface area contributed by atoms with Crippen molar-refractivity contribution in [1.82, 2.24) is 0 Å². The van der Waals surface area contributed by atoms with E-state index in [1.54, 1.807) is 0 Å². The molecule has 9 atom stereocenters. The highest BCUT2D eigenvalue weighted by Gasteiger charge is 2.73. The van der Waals surface area contributed by atoms with Gasteiger partial charge in [0.1, 0.15) is 0 Å². The lowest BCUT2D eigenvalue weighted by Crippen LogP contribution is -2.67. The molecule has 0 spiro atoms. The van der Waals surface area contributed by atoms with E-state index in [2.05, 4.69) is 48.5 Å². The van der Waals surface area contributed by atoms with Crippen LogP contribution in [0.1, 0.15) is 106 Å². The lowest BCUT2D eigenvalue weighted by Gasteiger charge is -2.73. The molecule has 0 aromatic carbocycles. The number of halogens is 1. The highest BCUT2D eigenvalue weighted by molar-refractivity contribution is 6.00. The molecule has 0 radical (unpaired) electrons. The van der Waals surface area contributed by atoms with Gasteiger partial charge in [0.15, 0.2) is 5.78 Å². The van der Waals surface area contributed by atoms with Crippen LogP contribution in [0.2, 0.25) is 0 Å². The van der Waals surface area contributed by atoms with Gasteiger partial charge in [-0.3, -0.25) is 4.79 Å². The van der Waals surface area contributed by atoms with Gasteiger partial charge < -0.3 is 4.74 Å². The molecule has 6 aliphatic rings. The lowest BCUT2D eigenvalue weighted by atomic mass is 9.31. The number of rotatable bonds is 0. The maximum atomic E-state index is 14.0. The summed E-state index contributed by atoms with van der Waals surface area (Å²) in [5, 5.41) is 0. The number of carbonyl (C=O) groups excluding carboxylic acids is 1. The molecule has 2 bridgehead atoms. The molecule has 1 heterocycles. The second-order valence-corrected chi connectivity index (χ2v) is 15.6. The average molecular weight is 471 g/mol. The third kappa shape index (κ3) is 2.54. The molecular weight excluding hydrogens is 423 g/mol. The van der Waals surface area contributed by atoms with Crippen LogP contribution in [0.25, 0.3) is 0 Å². The zero-order valence-corrected chi connectivity index (χ0v) is 22.7. The first kappa shape index (κ1) is 23.7. The Morgan fingerprint density at radius 3 is 2.26 bits per heavy atom. The number of hydrogen-bond acceptors (Lipinski definition) is 2. The molecule has 1 aliphatic heterocycles. The van der Waals surface area contributed by atoms with Crippen molar-refractivity contribution in [2.75, 3.05) is 6.61 Å². The van der Waals surface area contributed by atoms with Crippen LogP contribution >= 0.6 is 0 Å². The Kier molecular flexibility index (Phi) is 4.73. The van der Waals surface area contributed by atoms with Gasteiger partial charge in [0.25, 0.3) is 0 Å². The van der Waals surface area contributed by atoms with Gasteiger partial charge >= 0.3 is 0 Å². The third-order valence-corrected chi connectivity index (χ3v) is 13.9. The molecule has 0 aromatic heterocycles. The van der Waals surface area contributed by atoms with Crippen LogP contribution < -0.4 is 0 Å². The summed E-state index contributed by atoms with van der Waals surface area (Å²) in [7, 11) is 0. The topological polar surface area (TPSA) is 26.3 Å². The fraction of sp³-hybridized carbons (Fsp3) is 0.903. The van der Waals surface area contributed by atoms with Gasteiger partial charge in [0.05, 0.1) is 19.0 Å². The molecule has 1 saturated heterocycles. The van der Waals surface area contributed by atoms with E-state index in [1.165, 1.54) is 44.9 Å². The Morgan fingerprint density at radius 2 is 1.56 bits per heavy atom. The summed E-state index contributed by atoms with van der Waals surface area (Å²) < 4.78 is 20.7. The predicted octanol–water partition coefficient (Wildman–Crippen LogP) is 7.91. The van der Waals surface area contributed by atoms with Crippen LogP contribution in [-0.4, -0.2) is 18.5 Å². The highest BCUT2D eigenvalue weighted by atomic mass is 19.1. The summed E-state index contributed by atoms with van der Waals surface area (Å²) in [6.45, 7) is 17.8. The zero-order valence-electron chi connectivity index (χ0n) is 22.7. The first-order valence-corrected chi connectivity index (χ1v) is 14.2. The predicted molar refractivity (Wildman–Crippen MR) is 134 cm³/mol. The Bertz CT molecular complexity index is 949. The fourth-order valence-electron chi connectivity index (χ4n) is 11.9. The van der Waals surface area contributed by atoms with E-state index < -0.39 is 5.41 Å². The summed E-state index contributed by atoms with van der Waals surface area (Å²) in [6.07, 6.45) is 11.8. The number of hydrogen-bond donors (Lipinski definition) is 0. The van der Waals surface area contributed by atoms with Crippen molar-refractivity contribution >= 4 is 5.78 Å². The fourth-order valence-corrected chi connectivity index (χ4v) is 11.9. The minimum atomic E-state index is -0.471. The van der Waals surface area contributed by atoms with Crippen molar-refractivity contribution in [2.24, 2.45) is 56.2 Å². The minimum Gasteiger partial charge on any atom is -0.377 e. The number of carbonyl (C=O) groups is 1. The SMILES string of the molecule is CC1(C)CCC23CC[C@]4(C)C(CCC5C6(C)C/C(=C\F)C(=O)C(C)(C)C6CCC54C)C2C1OC3. The Hall–Kier alpha value is -0.700. The van der Waals surface area contributed by atoms with E-state index in [0.29, 0.717) is 53.0 Å². The third-order valence-electron chi connectivity index (χ3n) is 13.9. The number of ketones is 1. The summed E-state index contributed by atoms with van der Waals surface area (Å²) in [6, 6.07) is 0. The van der Waals surface area contributed by atoms with Crippen LogP contribution in [0.5, 0.6) is 0 Å². The van der Waals surface area contributed by atoms with Crippen LogP contribution in [0.15, 0.2) is 11.9 Å². The van der Waals surface area contributed by atoms with Gasteiger partial charge in [-0.25, -0.2) is 4.39 Å². The smallest absolute Gasteiger partial charge is 0.167 e. The van der Waals surface area contributed by atoms with Crippen molar-refractivity contribution in [3.8, 4) is 0 Å². The van der Waals surface area contributed by atoms with Gasteiger partial charge in [-0.1, -0.05) is 48.5 Å². The molecule has 8 unspecified atom stereocenters. The van der Waals surface area contributed by atoms with E-state index in [1.807, 2.05) is 0 Å². The molecule has 2 nitrogen and oxygen atoms in total. The maximum absolute atomic E-state index is 14.0. The van der Waals surface area contributed by atoms with Crippen LogP contribution in [0.4, 0.5) is 4.39 Å². The number of fused-ring (bicyclic) bond motifs is 5. The quantitative estimate of drug-likeness (QED) is 0.336. The van der Waals surface area contributed by atoms with Gasteiger partial charge in [0.2, 0.25) is 0 Å². The van der Waals surface area contributed by atoms with E-state index >= 15 is 0 Å². The number of allylic oxidation sites excluding steroid dienone is 1. The maximum Gasteiger partial charge on any atom is 0.167 e. The molecule has 5 aliphatic carbocycles. The monoisotopic (exact) mass is 470 g/mol. The first-order chi connectivity index (χ1) is 15.8. The van der Waals surface area contributed by atoms with Crippen LogP contribution in [0.3, 0.4) is 0 Å². The Labute approximate surface area is 206 Å². The second kappa shape index (κ2) is 6.78. The molecule has 5 saturated carbocycles. The molecule has 0 aromatic rings. The standard InChI is InChI=1S/C31H47FO2/c1-26(2)12-14-31-15-13-29(6)20(23(31)25(26)34-18-31)8-9-22-28(5)16-19(17-32)24(33)27(3,4)21(28)10-11-30(22,29)7/h17,20-23,25H,8-16,18H2,1-7H3/b19-17+/t20?,21?,22?,23?,25?,28?,29-,30?,31?/m1/s1. The molecule has 6 rings (SSSR count). The molecule has 6 fully saturated rings. The van der Waals surface area contributed by atoms with Crippen molar-refractivity contribution in [1.29, 1.82) is 0 Å². The molecule has 34 heavy (non-hydrogen) atoms. The minimum absolute atomic E-state index is 0.00718. The van der Waals surface area contributed by atoms with E-state index in [4.69, 9.17) is 4.74 Å². The average Bonchev–Trinajstić information content (AvgIpc) is 3.10. The molecule has 0 N–H and O–H groups in total. The summed E-state index contributed by atoms with van der Waals surface area (Å²) >= 11 is 0. The lowest BCUT2D eigenvalue weighted by molar-refractivity contribution is -0.236. The van der Waals surface area contributed by atoms with Gasteiger partial charge in [-0.2, -0.15) is 0 Å². The zero-order chi connectivity index (χ0) is 24.5. The molecule has 190 valence electrons. The van der Waals surface area contributed by atoms with E-state index in [0.717, 1.165) is 18.9 Å². The summed E-state index contributed by atoms with van der Waals surface area (Å²) in [5.41, 5.74) is 1.19. The van der Waals surface area contributed by atoms with Crippen molar-refractivity contribution in [3.63, 3.8) is 0 Å². The van der Waals surface area contributed by atoms with Crippen molar-refractivity contribution < 1.29 is 13.9 Å². The second-order valence-electron chi connectivity index (χ2n) is 15.6. The van der Waals surface area contributed by atoms with Crippen LogP contribution in [-0.2, 0) is 9.53 Å². The van der Waals surface area contributed by atoms with E-state index in [9.17, 15) is 9.18 Å². The van der Waals surface area contributed by atoms with Gasteiger partial charge in [-0.05, 0) is 109 Å². The number of Topliss-reactive ketones (excluding diaryl/α,β-unsaturated/α-hetero) is 1. The summed E-state index contributed by atoms with van der Waals surface area (Å²) in [5.74, 6) is 2.37. The van der Waals surface area contributed by atoms with E-state index in [-0.39, 0.29) is 22.0 Å². The number of ether oxygens (including phenoxy) is 1. The Balaban J connectivity index is 1.42. The largest absolute Gasteiger partial charge is 0.377 e.